The zero-order valence-corrected chi connectivity index (χ0v) is 26.1. The third kappa shape index (κ3) is 8.39. The Morgan fingerprint density at radius 1 is 0.727 bits per heavy atom. The molecule has 0 bridgehead atoms. The Morgan fingerprint density at radius 3 is 2.16 bits per heavy atom. The highest BCUT2D eigenvalue weighted by Crippen LogP contribution is 2.37. The molecule has 0 aliphatic heterocycles. The normalized spacial score (nSPS) is 11.8. The lowest BCUT2D eigenvalue weighted by molar-refractivity contribution is -0.116. The average Bonchev–Trinajstić information content (AvgIpc) is 3.55. The van der Waals surface area contributed by atoms with Gasteiger partial charge in [-0.3, -0.25) is 14.4 Å². The summed E-state index contributed by atoms with van der Waals surface area (Å²) in [5, 5.41) is 10.6. The van der Waals surface area contributed by atoms with E-state index >= 15 is 0 Å². The number of amides is 3. The van der Waals surface area contributed by atoms with E-state index in [2.05, 4.69) is 16.0 Å². The van der Waals surface area contributed by atoms with Gasteiger partial charge in [-0.05, 0) is 71.6 Å². The molecule has 5 aromatic rings. The van der Waals surface area contributed by atoms with Crippen LogP contribution < -0.4 is 16.0 Å². The first-order valence-corrected chi connectivity index (χ1v) is 15.9. The first-order valence-electron chi connectivity index (χ1n) is 13.4. The Kier molecular flexibility index (Phi) is 10.5. The molecule has 4 aromatic carbocycles. The summed E-state index contributed by atoms with van der Waals surface area (Å²) in [6.45, 7) is 0. The molecule has 0 aliphatic rings. The summed E-state index contributed by atoms with van der Waals surface area (Å²) in [6.07, 6.45) is 1.64. The number of rotatable bonds is 10. The lowest BCUT2D eigenvalue weighted by atomic mass is 10.1. The molecule has 0 radical (unpaired) electrons. The molecule has 0 fully saturated rings. The van der Waals surface area contributed by atoms with Crippen LogP contribution in [0.25, 0.3) is 6.08 Å². The first kappa shape index (κ1) is 31.1. The fourth-order valence-corrected chi connectivity index (χ4v) is 6.16. The molecule has 44 heavy (non-hydrogen) atoms. The lowest BCUT2D eigenvalue weighted by Crippen LogP contribution is -2.30. The Balaban J connectivity index is 1.35. The van der Waals surface area contributed by atoms with Crippen LogP contribution in [0.4, 0.5) is 11.4 Å². The topological polar surface area (TPSA) is 87.3 Å². The summed E-state index contributed by atoms with van der Waals surface area (Å²) in [7, 11) is 0. The molecule has 6 nitrogen and oxygen atoms in total. The Labute approximate surface area is 273 Å². The molecule has 0 aliphatic carbocycles. The number of hydrogen-bond acceptors (Lipinski definition) is 5. The summed E-state index contributed by atoms with van der Waals surface area (Å²) in [5.74, 6) is -1.13. The van der Waals surface area contributed by atoms with Gasteiger partial charge in [-0.2, -0.15) is 0 Å². The van der Waals surface area contributed by atoms with Gasteiger partial charge >= 0.3 is 0 Å². The van der Waals surface area contributed by atoms with E-state index in [9.17, 15) is 14.4 Å². The van der Waals surface area contributed by atoms with E-state index in [-0.39, 0.29) is 11.6 Å². The third-order valence-corrected chi connectivity index (χ3v) is 9.04. The Hall–Kier alpha value is -4.34. The molecule has 0 saturated heterocycles. The van der Waals surface area contributed by atoms with Gasteiger partial charge in [0, 0.05) is 26.7 Å². The van der Waals surface area contributed by atoms with Crippen molar-refractivity contribution in [2.75, 3.05) is 10.6 Å². The number of carbonyl (C=O) groups is 3. The first-order chi connectivity index (χ1) is 21.4. The van der Waals surface area contributed by atoms with Crippen LogP contribution in [0.15, 0.2) is 131 Å². The summed E-state index contributed by atoms with van der Waals surface area (Å²) in [6, 6.07) is 33.9. The monoisotopic (exact) mass is 657 g/mol. The number of carbonyl (C=O) groups excluding carboxylic acids is 3. The summed E-state index contributed by atoms with van der Waals surface area (Å²) < 4.78 is 0. The highest BCUT2D eigenvalue weighted by atomic mass is 35.5. The quantitative estimate of drug-likeness (QED) is 0.103. The van der Waals surface area contributed by atoms with Crippen molar-refractivity contribution >= 4 is 81.5 Å². The van der Waals surface area contributed by atoms with Gasteiger partial charge in [0.25, 0.3) is 11.8 Å². The fraction of sp³-hybridized carbons (Fsp3) is 0.0294. The molecule has 1 atom stereocenters. The van der Waals surface area contributed by atoms with E-state index in [1.54, 1.807) is 66.7 Å². The fourth-order valence-electron chi connectivity index (χ4n) is 4.12. The maximum atomic E-state index is 13.5. The van der Waals surface area contributed by atoms with Crippen molar-refractivity contribution < 1.29 is 14.4 Å². The number of hydrogen-bond donors (Lipinski definition) is 3. The molecule has 1 aromatic heterocycles. The van der Waals surface area contributed by atoms with Crippen molar-refractivity contribution in [2.24, 2.45) is 0 Å². The summed E-state index contributed by atoms with van der Waals surface area (Å²) in [4.78, 5) is 41.4. The molecule has 1 unspecified atom stereocenters. The van der Waals surface area contributed by atoms with Crippen molar-refractivity contribution in [2.45, 2.75) is 10.1 Å². The van der Waals surface area contributed by atoms with Crippen LogP contribution in [0.1, 0.15) is 26.0 Å². The van der Waals surface area contributed by atoms with Crippen LogP contribution >= 0.6 is 46.3 Å². The Morgan fingerprint density at radius 2 is 1.45 bits per heavy atom. The number of thiophene rings is 1. The van der Waals surface area contributed by atoms with Gasteiger partial charge < -0.3 is 16.0 Å². The largest absolute Gasteiger partial charge is 0.325 e. The van der Waals surface area contributed by atoms with Crippen LogP contribution in [0.2, 0.25) is 10.0 Å². The zero-order chi connectivity index (χ0) is 30.9. The van der Waals surface area contributed by atoms with Crippen LogP contribution in [0.3, 0.4) is 0 Å². The third-order valence-electron chi connectivity index (χ3n) is 6.23. The Bertz CT molecular complexity index is 1800. The van der Waals surface area contributed by atoms with E-state index < -0.39 is 17.1 Å². The number of anilines is 2. The van der Waals surface area contributed by atoms with Crippen molar-refractivity contribution in [3.63, 3.8) is 0 Å². The number of halogens is 2. The SMILES string of the molecule is O=C(Nc1cccc(SC(C(=O)Nc2ccc(Cl)c(Cl)c2)c2ccccc2)c1)/C(=C/c1cccs1)NC(=O)c1ccccc1. The molecular weight excluding hydrogens is 633 g/mol. The summed E-state index contributed by atoms with van der Waals surface area (Å²) >= 11 is 15.0. The van der Waals surface area contributed by atoms with Gasteiger partial charge in [-0.1, -0.05) is 83.9 Å². The molecular formula is C34H25Cl2N3O3S2. The highest BCUT2D eigenvalue weighted by molar-refractivity contribution is 8.00. The standard InChI is InChI=1S/C34H25Cl2N3O3S2/c35-28-17-16-25(20-29(28)36)38-34(42)31(22-9-3-1-4-10-22)44-27-14-7-13-24(19-27)37-33(41)30(21-26-15-8-18-43-26)39-32(40)23-11-5-2-6-12-23/h1-21,31H,(H,37,41)(H,38,42)(H,39,40)/b30-21-. The molecule has 0 saturated carbocycles. The minimum absolute atomic E-state index is 0.0996. The van der Waals surface area contributed by atoms with E-state index in [1.807, 2.05) is 60.0 Å². The molecule has 220 valence electrons. The molecule has 0 spiro atoms. The van der Waals surface area contributed by atoms with Crippen molar-refractivity contribution in [3.8, 4) is 0 Å². The van der Waals surface area contributed by atoms with Gasteiger partial charge in [0.15, 0.2) is 0 Å². The molecule has 10 heteroatoms. The van der Waals surface area contributed by atoms with Crippen molar-refractivity contribution in [1.29, 1.82) is 0 Å². The second kappa shape index (κ2) is 14.9. The second-order valence-corrected chi connectivity index (χ2v) is 12.4. The molecule has 1 heterocycles. The number of thioether (sulfide) groups is 1. The number of nitrogens with one attached hydrogen (secondary N) is 3. The van der Waals surface area contributed by atoms with Crippen LogP contribution in [0, 0.1) is 0 Å². The minimum Gasteiger partial charge on any atom is -0.325 e. The van der Waals surface area contributed by atoms with Gasteiger partial charge in [0.05, 0.1) is 10.0 Å². The van der Waals surface area contributed by atoms with Crippen LogP contribution in [-0.4, -0.2) is 17.7 Å². The maximum Gasteiger partial charge on any atom is 0.272 e. The van der Waals surface area contributed by atoms with Crippen LogP contribution in [-0.2, 0) is 9.59 Å². The minimum atomic E-state index is -0.615. The second-order valence-electron chi connectivity index (χ2n) is 9.40. The van der Waals surface area contributed by atoms with Gasteiger partial charge in [0.2, 0.25) is 5.91 Å². The average molecular weight is 659 g/mol. The predicted octanol–water partition coefficient (Wildman–Crippen LogP) is 8.94. The lowest BCUT2D eigenvalue weighted by Gasteiger charge is -2.18. The molecule has 3 amide bonds. The van der Waals surface area contributed by atoms with Crippen molar-refractivity contribution in [1.82, 2.24) is 5.32 Å². The van der Waals surface area contributed by atoms with E-state index in [4.69, 9.17) is 23.2 Å². The summed E-state index contributed by atoms with van der Waals surface area (Å²) in [5.41, 5.74) is 2.36. The van der Waals surface area contributed by atoms with Gasteiger partial charge in [-0.15, -0.1) is 23.1 Å². The van der Waals surface area contributed by atoms with E-state index in [0.717, 1.165) is 15.3 Å². The van der Waals surface area contributed by atoms with Crippen LogP contribution in [0.5, 0.6) is 0 Å². The smallest absolute Gasteiger partial charge is 0.272 e. The van der Waals surface area contributed by atoms with E-state index in [1.165, 1.54) is 23.1 Å². The molecule has 5 rings (SSSR count). The maximum absolute atomic E-state index is 13.5. The highest BCUT2D eigenvalue weighted by Gasteiger charge is 2.23. The van der Waals surface area contributed by atoms with Crippen molar-refractivity contribution in [3.05, 3.63) is 152 Å². The zero-order valence-electron chi connectivity index (χ0n) is 23.0. The van der Waals surface area contributed by atoms with E-state index in [0.29, 0.717) is 27.0 Å². The molecule has 3 N–H and O–H groups in total. The number of benzene rings is 4. The predicted molar refractivity (Wildman–Crippen MR) is 181 cm³/mol. The van der Waals surface area contributed by atoms with Gasteiger partial charge in [0.1, 0.15) is 10.9 Å². The van der Waals surface area contributed by atoms with Gasteiger partial charge in [-0.25, -0.2) is 0 Å².